The molecule has 1 aliphatic carbocycles. The van der Waals surface area contributed by atoms with Gasteiger partial charge in [-0.25, -0.2) is 4.79 Å². The molecule has 4 heteroatoms. The van der Waals surface area contributed by atoms with Crippen molar-refractivity contribution in [1.29, 1.82) is 0 Å². The number of hydrogen-bond acceptors (Lipinski definition) is 2. The SMILES string of the molecule is Cn1c(C2CC2)cc2nccc(C(=O)O)c21. The van der Waals surface area contributed by atoms with Crippen LogP contribution in [0.2, 0.25) is 0 Å². The first-order valence-corrected chi connectivity index (χ1v) is 5.36. The fourth-order valence-electron chi connectivity index (χ4n) is 2.24. The maximum atomic E-state index is 11.1. The number of nitrogens with zero attached hydrogens (tertiary/aromatic N) is 2. The zero-order chi connectivity index (χ0) is 11.3. The monoisotopic (exact) mass is 216 g/mol. The van der Waals surface area contributed by atoms with E-state index in [-0.39, 0.29) is 0 Å². The second-order valence-corrected chi connectivity index (χ2v) is 4.30. The number of aromatic nitrogens is 2. The molecule has 0 unspecified atom stereocenters. The van der Waals surface area contributed by atoms with Crippen LogP contribution in [0.1, 0.15) is 34.8 Å². The van der Waals surface area contributed by atoms with Gasteiger partial charge in [-0.3, -0.25) is 4.98 Å². The number of carbonyl (C=O) groups is 1. The van der Waals surface area contributed by atoms with Gasteiger partial charge in [0.25, 0.3) is 0 Å². The molecule has 16 heavy (non-hydrogen) atoms. The first kappa shape index (κ1) is 9.39. The van der Waals surface area contributed by atoms with Gasteiger partial charge in [0.05, 0.1) is 16.6 Å². The zero-order valence-electron chi connectivity index (χ0n) is 8.97. The summed E-state index contributed by atoms with van der Waals surface area (Å²) in [5.41, 5.74) is 3.05. The molecule has 0 amide bonds. The number of pyridine rings is 1. The molecule has 0 saturated heterocycles. The Balaban J connectivity index is 2.33. The van der Waals surface area contributed by atoms with Gasteiger partial charge in [0.15, 0.2) is 0 Å². The topological polar surface area (TPSA) is 55.1 Å². The molecule has 4 nitrogen and oxygen atoms in total. The predicted molar refractivity (Wildman–Crippen MR) is 59.6 cm³/mol. The van der Waals surface area contributed by atoms with Crippen molar-refractivity contribution in [2.75, 3.05) is 0 Å². The quantitative estimate of drug-likeness (QED) is 0.836. The van der Waals surface area contributed by atoms with Gasteiger partial charge >= 0.3 is 5.97 Å². The van der Waals surface area contributed by atoms with Crippen LogP contribution in [0.15, 0.2) is 18.3 Å². The highest BCUT2D eigenvalue weighted by Gasteiger charge is 2.28. The number of carboxylic acid groups (broad SMARTS) is 1. The standard InChI is InChI=1S/C12H12N2O2/c1-14-10(7-2-3-7)6-9-11(14)8(12(15)16)4-5-13-9/h4-7H,2-3H2,1H3,(H,15,16). The lowest BCUT2D eigenvalue weighted by Crippen LogP contribution is -2.02. The van der Waals surface area contributed by atoms with Crippen molar-refractivity contribution in [3.63, 3.8) is 0 Å². The van der Waals surface area contributed by atoms with E-state index in [0.29, 0.717) is 11.5 Å². The van der Waals surface area contributed by atoms with Crippen molar-refractivity contribution < 1.29 is 9.90 Å². The van der Waals surface area contributed by atoms with E-state index in [4.69, 9.17) is 5.11 Å². The molecule has 3 rings (SSSR count). The Morgan fingerprint density at radius 3 is 2.94 bits per heavy atom. The number of aromatic carboxylic acids is 1. The Labute approximate surface area is 92.5 Å². The second kappa shape index (κ2) is 3.07. The van der Waals surface area contributed by atoms with Crippen LogP contribution in [0.25, 0.3) is 11.0 Å². The van der Waals surface area contributed by atoms with Crippen LogP contribution in [0.3, 0.4) is 0 Å². The van der Waals surface area contributed by atoms with E-state index in [1.165, 1.54) is 18.5 Å². The molecule has 2 heterocycles. The summed E-state index contributed by atoms with van der Waals surface area (Å²) in [6.45, 7) is 0. The number of aryl methyl sites for hydroxylation is 1. The molecule has 0 spiro atoms. The second-order valence-electron chi connectivity index (χ2n) is 4.30. The zero-order valence-corrected chi connectivity index (χ0v) is 8.97. The van der Waals surface area contributed by atoms with E-state index in [1.54, 1.807) is 12.3 Å². The lowest BCUT2D eigenvalue weighted by molar-refractivity contribution is 0.0698. The van der Waals surface area contributed by atoms with E-state index < -0.39 is 5.97 Å². The third-order valence-electron chi connectivity index (χ3n) is 3.19. The van der Waals surface area contributed by atoms with Crippen LogP contribution in [0.4, 0.5) is 0 Å². The van der Waals surface area contributed by atoms with Crippen molar-refractivity contribution >= 4 is 17.0 Å². The van der Waals surface area contributed by atoms with Crippen molar-refractivity contribution in [3.05, 3.63) is 29.6 Å². The molecule has 2 aromatic rings. The Kier molecular flexibility index (Phi) is 1.80. The lowest BCUT2D eigenvalue weighted by Gasteiger charge is -2.03. The summed E-state index contributed by atoms with van der Waals surface area (Å²) in [6, 6.07) is 3.57. The molecule has 0 bridgehead atoms. The minimum absolute atomic E-state index is 0.333. The van der Waals surface area contributed by atoms with Gasteiger partial charge in [-0.05, 0) is 30.9 Å². The number of hydrogen-bond donors (Lipinski definition) is 1. The molecule has 2 aromatic heterocycles. The highest BCUT2D eigenvalue weighted by molar-refractivity contribution is 6.01. The molecular formula is C12H12N2O2. The molecule has 1 saturated carbocycles. The summed E-state index contributed by atoms with van der Waals surface area (Å²) in [4.78, 5) is 15.4. The minimum atomic E-state index is -0.893. The molecule has 0 atom stereocenters. The summed E-state index contributed by atoms with van der Waals surface area (Å²) in [6.07, 6.45) is 3.96. The summed E-state index contributed by atoms with van der Waals surface area (Å²) < 4.78 is 1.98. The van der Waals surface area contributed by atoms with Gasteiger partial charge in [0, 0.05) is 18.9 Å². The third-order valence-corrected chi connectivity index (χ3v) is 3.19. The molecule has 82 valence electrons. The number of rotatable bonds is 2. The molecule has 0 aromatic carbocycles. The van der Waals surface area contributed by atoms with E-state index in [1.807, 2.05) is 17.7 Å². The van der Waals surface area contributed by atoms with Crippen molar-refractivity contribution in [3.8, 4) is 0 Å². The highest BCUT2D eigenvalue weighted by Crippen LogP contribution is 2.41. The van der Waals surface area contributed by atoms with Gasteiger partial charge in [-0.15, -0.1) is 0 Å². The largest absolute Gasteiger partial charge is 0.478 e. The average Bonchev–Trinajstić information content (AvgIpc) is 3.04. The van der Waals surface area contributed by atoms with Crippen LogP contribution >= 0.6 is 0 Å². The van der Waals surface area contributed by atoms with Gasteiger partial charge in [-0.2, -0.15) is 0 Å². The van der Waals surface area contributed by atoms with Crippen molar-refractivity contribution in [1.82, 2.24) is 9.55 Å². The fraction of sp³-hybridized carbons (Fsp3) is 0.333. The minimum Gasteiger partial charge on any atom is -0.478 e. The molecule has 1 fully saturated rings. The summed E-state index contributed by atoms with van der Waals surface area (Å²) in [7, 11) is 1.92. The maximum Gasteiger partial charge on any atom is 0.337 e. The van der Waals surface area contributed by atoms with E-state index in [2.05, 4.69) is 4.98 Å². The Morgan fingerprint density at radius 2 is 2.31 bits per heavy atom. The predicted octanol–water partition coefficient (Wildman–Crippen LogP) is 2.15. The molecule has 1 aliphatic rings. The number of fused-ring (bicyclic) bond motifs is 1. The van der Waals surface area contributed by atoms with Crippen LogP contribution in [-0.4, -0.2) is 20.6 Å². The van der Waals surface area contributed by atoms with Gasteiger partial charge in [0.1, 0.15) is 0 Å². The van der Waals surface area contributed by atoms with E-state index >= 15 is 0 Å². The molecular weight excluding hydrogens is 204 g/mol. The molecule has 1 N–H and O–H groups in total. The van der Waals surface area contributed by atoms with Crippen LogP contribution in [-0.2, 0) is 7.05 Å². The normalized spacial score (nSPS) is 15.6. The summed E-state index contributed by atoms with van der Waals surface area (Å²) >= 11 is 0. The van der Waals surface area contributed by atoms with Crippen molar-refractivity contribution in [2.24, 2.45) is 7.05 Å². The summed E-state index contributed by atoms with van der Waals surface area (Å²) in [5, 5.41) is 9.13. The first-order valence-electron chi connectivity index (χ1n) is 5.36. The molecule has 0 aliphatic heterocycles. The first-order chi connectivity index (χ1) is 7.68. The maximum absolute atomic E-state index is 11.1. The van der Waals surface area contributed by atoms with Crippen LogP contribution < -0.4 is 0 Å². The molecule has 0 radical (unpaired) electrons. The van der Waals surface area contributed by atoms with Crippen molar-refractivity contribution in [2.45, 2.75) is 18.8 Å². The third kappa shape index (κ3) is 1.23. The lowest BCUT2D eigenvalue weighted by atomic mass is 10.2. The van der Waals surface area contributed by atoms with E-state index in [9.17, 15) is 4.79 Å². The van der Waals surface area contributed by atoms with E-state index in [0.717, 1.165) is 11.0 Å². The number of carboxylic acids is 1. The van der Waals surface area contributed by atoms with Gasteiger partial charge in [-0.1, -0.05) is 0 Å². The van der Waals surface area contributed by atoms with Crippen LogP contribution in [0, 0.1) is 0 Å². The Hall–Kier alpha value is -1.84. The smallest absolute Gasteiger partial charge is 0.337 e. The van der Waals surface area contributed by atoms with Crippen LogP contribution in [0.5, 0.6) is 0 Å². The average molecular weight is 216 g/mol. The fourth-order valence-corrected chi connectivity index (χ4v) is 2.24. The van der Waals surface area contributed by atoms with Gasteiger partial charge in [0.2, 0.25) is 0 Å². The Morgan fingerprint density at radius 1 is 1.56 bits per heavy atom. The van der Waals surface area contributed by atoms with Gasteiger partial charge < -0.3 is 9.67 Å². The summed E-state index contributed by atoms with van der Waals surface area (Å²) in [5.74, 6) is -0.295. The Bertz CT molecular complexity index is 582. The highest BCUT2D eigenvalue weighted by atomic mass is 16.4.